The summed E-state index contributed by atoms with van der Waals surface area (Å²) in [5.41, 5.74) is 0.420. The fourth-order valence-corrected chi connectivity index (χ4v) is 4.82. The predicted octanol–water partition coefficient (Wildman–Crippen LogP) is -1.87. The highest BCUT2D eigenvalue weighted by Crippen LogP contribution is 2.46. The smallest absolute Gasteiger partial charge is 0.270 e. The first-order chi connectivity index (χ1) is 19.5. The molecule has 10 unspecified atom stereocenters. The lowest BCUT2D eigenvalue weighted by molar-refractivity contribution is -0.353. The van der Waals surface area contributed by atoms with Gasteiger partial charge in [0.2, 0.25) is 6.29 Å². The Bertz CT molecular complexity index is 1280. The highest BCUT2D eigenvalue weighted by atomic mass is 16.8. The van der Waals surface area contributed by atoms with Gasteiger partial charge in [0.05, 0.1) is 24.8 Å². The van der Waals surface area contributed by atoms with Gasteiger partial charge in [-0.1, -0.05) is 0 Å². The molecule has 2 aromatic carbocycles. The van der Waals surface area contributed by atoms with Crippen LogP contribution in [0.5, 0.6) is 28.7 Å². The van der Waals surface area contributed by atoms with Crippen molar-refractivity contribution >= 4 is 6.08 Å². The lowest BCUT2D eigenvalue weighted by Gasteiger charge is -2.45. The molecule has 0 radical (unpaired) electrons. The van der Waals surface area contributed by atoms with Crippen LogP contribution < -0.4 is 0 Å². The number of hydrogen-bond acceptors (Lipinski definition) is 14. The van der Waals surface area contributed by atoms with E-state index in [9.17, 15) is 51.1 Å². The van der Waals surface area contributed by atoms with Gasteiger partial charge in [-0.25, -0.2) is 0 Å². The first kappa shape index (κ1) is 29.1. The van der Waals surface area contributed by atoms with Crippen LogP contribution >= 0.6 is 0 Å². The third-order valence-corrected chi connectivity index (χ3v) is 7.08. The molecule has 0 bridgehead atoms. The van der Waals surface area contributed by atoms with Crippen molar-refractivity contribution in [2.24, 2.45) is 0 Å². The fraction of sp³-hybridized carbons (Fsp3) is 0.462. The van der Waals surface area contributed by atoms with Gasteiger partial charge in [0, 0.05) is 12.1 Å². The van der Waals surface area contributed by atoms with E-state index in [0.717, 1.165) is 6.07 Å². The number of hydrogen-bond donors (Lipinski definition) is 10. The lowest BCUT2D eigenvalue weighted by atomic mass is 9.98. The number of rotatable bonds is 6. The number of phenols is 4. The molecule has 0 aromatic heterocycles. The van der Waals surface area contributed by atoms with Crippen molar-refractivity contribution in [2.75, 3.05) is 13.2 Å². The quantitative estimate of drug-likeness (QED) is 0.132. The van der Waals surface area contributed by atoms with E-state index >= 15 is 0 Å². The van der Waals surface area contributed by atoms with Crippen LogP contribution in [0.2, 0.25) is 0 Å². The highest BCUT2D eigenvalue weighted by molar-refractivity contribution is 5.69. The Morgan fingerprint density at radius 2 is 1.59 bits per heavy atom. The number of fused-ring (bicyclic) bond motifs is 1. The molecular formula is C26H31O15+. The van der Waals surface area contributed by atoms with Crippen LogP contribution in [0.3, 0.4) is 0 Å². The molecule has 0 amide bonds. The van der Waals surface area contributed by atoms with Crippen molar-refractivity contribution in [2.45, 2.75) is 61.4 Å². The maximum Gasteiger partial charge on any atom is 0.270 e. The summed E-state index contributed by atoms with van der Waals surface area (Å²) in [6.45, 7) is -1.15. The summed E-state index contributed by atoms with van der Waals surface area (Å²) >= 11 is 0. The molecule has 11 N–H and O–H groups in total. The Kier molecular flexibility index (Phi) is 8.15. The Balaban J connectivity index is 1.51. The second-order valence-corrected chi connectivity index (χ2v) is 9.90. The minimum atomic E-state index is -1.78. The largest absolute Gasteiger partial charge is 0.571 e. The van der Waals surface area contributed by atoms with Crippen LogP contribution in [0.15, 0.2) is 36.1 Å². The van der Waals surface area contributed by atoms with E-state index in [0.29, 0.717) is 0 Å². The van der Waals surface area contributed by atoms with Crippen molar-refractivity contribution in [3.8, 4) is 28.7 Å². The zero-order chi connectivity index (χ0) is 29.6. The van der Waals surface area contributed by atoms with E-state index in [1.807, 2.05) is 0 Å². The van der Waals surface area contributed by atoms with E-state index in [-0.39, 0.29) is 34.1 Å². The molecule has 15 heteroatoms. The SMILES string of the molecule is OCC1OC(OC2=Cc3c(O)cc(O)cc3[OH+]C2c2ccc(O)c(O)c2)C(OC2OCC(O)C(O)C2O)C(O)C1O. The van der Waals surface area contributed by atoms with E-state index in [2.05, 4.69) is 4.74 Å². The van der Waals surface area contributed by atoms with E-state index < -0.39 is 86.1 Å². The number of aliphatic hydroxyl groups excluding tert-OH is 6. The number of ether oxygens (including phenoxy) is 5. The second kappa shape index (κ2) is 11.5. The van der Waals surface area contributed by atoms with Gasteiger partial charge in [0.1, 0.15) is 53.7 Å². The molecule has 15 nitrogen and oxygen atoms in total. The van der Waals surface area contributed by atoms with E-state index in [1.54, 1.807) is 0 Å². The molecule has 2 aromatic rings. The Labute approximate surface area is 231 Å². The fourth-order valence-electron chi connectivity index (χ4n) is 4.82. The Morgan fingerprint density at radius 1 is 0.829 bits per heavy atom. The molecule has 224 valence electrons. The summed E-state index contributed by atoms with van der Waals surface area (Å²) in [4.78, 5) is 0. The molecule has 0 aliphatic carbocycles. The summed E-state index contributed by atoms with van der Waals surface area (Å²) in [7, 11) is 0. The van der Waals surface area contributed by atoms with Crippen LogP contribution in [0.1, 0.15) is 17.2 Å². The van der Waals surface area contributed by atoms with Gasteiger partial charge >= 0.3 is 0 Å². The Hall–Kier alpha value is -3.38. The maximum atomic E-state index is 10.9. The summed E-state index contributed by atoms with van der Waals surface area (Å²) in [5.74, 6) is -1.41. The van der Waals surface area contributed by atoms with Gasteiger partial charge in [-0.3, -0.25) is 0 Å². The standard InChI is InChI=1S/C26H30O15/c27-7-18-20(34)21(35)24(41-25-22(36)19(33)15(32)8-37-25)26(40-18)39-17-6-11-13(30)4-10(28)5-16(11)38-23(17)9-1-2-12(29)14(31)3-9/h1-6,15,18-36H,7-8H2/p+1. The van der Waals surface area contributed by atoms with Crippen molar-refractivity contribution in [3.05, 3.63) is 47.2 Å². The average Bonchev–Trinajstić information content (AvgIpc) is 2.94. The number of aliphatic hydroxyl groups is 7. The highest BCUT2D eigenvalue weighted by Gasteiger charge is 2.51. The van der Waals surface area contributed by atoms with Gasteiger partial charge in [0.15, 0.2) is 29.7 Å². The van der Waals surface area contributed by atoms with Crippen molar-refractivity contribution in [1.29, 1.82) is 0 Å². The van der Waals surface area contributed by atoms with Crippen molar-refractivity contribution < 1.29 is 74.7 Å². The summed E-state index contributed by atoms with van der Waals surface area (Å²) < 4.78 is 27.2. The molecule has 3 aliphatic heterocycles. The molecule has 5 rings (SSSR count). The topological polar surface area (TPSA) is 252 Å². The molecule has 10 atom stereocenters. The Morgan fingerprint density at radius 3 is 2.29 bits per heavy atom. The normalized spacial score (nSPS) is 35.2. The minimum Gasteiger partial charge on any atom is -0.571 e. The van der Waals surface area contributed by atoms with Gasteiger partial charge in [-0.15, -0.1) is 0 Å². The van der Waals surface area contributed by atoms with Gasteiger partial charge < -0.3 is 74.7 Å². The summed E-state index contributed by atoms with van der Waals surface area (Å²) in [5, 5.41) is 102. The average molecular weight is 584 g/mol. The molecule has 2 fully saturated rings. The number of benzene rings is 2. The second-order valence-electron chi connectivity index (χ2n) is 9.90. The third-order valence-electron chi connectivity index (χ3n) is 7.08. The van der Waals surface area contributed by atoms with Crippen LogP contribution in [0.25, 0.3) is 6.08 Å². The van der Waals surface area contributed by atoms with E-state index in [1.165, 1.54) is 30.3 Å². The van der Waals surface area contributed by atoms with Gasteiger partial charge in [0.25, 0.3) is 11.9 Å². The van der Waals surface area contributed by atoms with Crippen LogP contribution in [-0.2, 0) is 18.9 Å². The zero-order valence-corrected chi connectivity index (χ0v) is 21.2. The first-order valence-corrected chi connectivity index (χ1v) is 12.6. The molecule has 3 aliphatic rings. The predicted molar refractivity (Wildman–Crippen MR) is 133 cm³/mol. The molecule has 2 saturated heterocycles. The maximum absolute atomic E-state index is 10.9. The molecule has 41 heavy (non-hydrogen) atoms. The number of aromatic hydroxyl groups is 5. The summed E-state index contributed by atoms with van der Waals surface area (Å²) in [6.07, 6.45) is -14.2. The zero-order valence-electron chi connectivity index (χ0n) is 21.2. The summed E-state index contributed by atoms with van der Waals surface area (Å²) in [6, 6.07) is 6.19. The van der Waals surface area contributed by atoms with Gasteiger partial charge in [-0.05, 0) is 18.2 Å². The van der Waals surface area contributed by atoms with Crippen LogP contribution in [-0.4, -0.2) is 124 Å². The van der Waals surface area contributed by atoms with Crippen LogP contribution in [0, 0.1) is 0 Å². The molecular weight excluding hydrogens is 552 g/mol. The van der Waals surface area contributed by atoms with Crippen molar-refractivity contribution in [3.63, 3.8) is 0 Å². The van der Waals surface area contributed by atoms with Gasteiger partial charge in [-0.2, -0.15) is 0 Å². The first-order valence-electron chi connectivity index (χ1n) is 12.6. The third kappa shape index (κ3) is 5.59. The molecule has 0 saturated carbocycles. The molecule has 3 heterocycles. The van der Waals surface area contributed by atoms with Crippen molar-refractivity contribution in [1.82, 2.24) is 0 Å². The van der Waals surface area contributed by atoms with E-state index in [4.69, 9.17) is 18.9 Å². The monoisotopic (exact) mass is 583 g/mol. The number of phenolic OH excluding ortho intramolecular Hbond substituents is 4. The van der Waals surface area contributed by atoms with Crippen LogP contribution in [0.4, 0.5) is 0 Å². The lowest BCUT2D eigenvalue weighted by Crippen LogP contribution is -2.63. The minimum absolute atomic E-state index is 0.0528. The molecule has 0 spiro atoms.